The standard InChI is InChI=1S/C55H40N2S/c1-55(2)48-28-12-13-29-50(48)57(53-43-24-10-9-17-37(43)31-33-45(53)47-27-16-26-46-44-25-11-14-30-52(44)58-54(46)47)51-34-32-39(36-49(51)55)38-18-15-23-42(35-38)56(40-19-5-3-6-20-40)41-21-7-4-8-22-41/h3-36H,1-2H3. The molecule has 1 aromatic heterocycles. The van der Waals surface area contributed by atoms with Gasteiger partial charge in [-0.1, -0.05) is 159 Å². The molecule has 10 aromatic rings. The fourth-order valence-corrected chi connectivity index (χ4v) is 10.5. The van der Waals surface area contributed by atoms with Crippen molar-refractivity contribution in [2.24, 2.45) is 0 Å². The summed E-state index contributed by atoms with van der Waals surface area (Å²) in [6.07, 6.45) is 0. The van der Waals surface area contributed by atoms with Crippen LogP contribution in [0.2, 0.25) is 0 Å². The van der Waals surface area contributed by atoms with Gasteiger partial charge < -0.3 is 9.80 Å². The number of rotatable bonds is 6. The van der Waals surface area contributed by atoms with Crippen LogP contribution in [-0.2, 0) is 5.41 Å². The smallest absolute Gasteiger partial charge is 0.0619 e. The summed E-state index contributed by atoms with van der Waals surface area (Å²) in [6, 6.07) is 75.6. The molecule has 9 aromatic carbocycles. The van der Waals surface area contributed by atoms with E-state index < -0.39 is 0 Å². The van der Waals surface area contributed by atoms with E-state index in [1.807, 2.05) is 11.3 Å². The lowest BCUT2D eigenvalue weighted by molar-refractivity contribution is 0.632. The highest BCUT2D eigenvalue weighted by molar-refractivity contribution is 7.26. The van der Waals surface area contributed by atoms with Gasteiger partial charge in [0.05, 0.1) is 17.1 Å². The molecule has 1 aliphatic rings. The van der Waals surface area contributed by atoms with E-state index in [1.54, 1.807) is 0 Å². The van der Waals surface area contributed by atoms with Crippen LogP contribution in [0.1, 0.15) is 25.0 Å². The molecule has 0 fully saturated rings. The summed E-state index contributed by atoms with van der Waals surface area (Å²) in [4.78, 5) is 4.90. The van der Waals surface area contributed by atoms with Crippen LogP contribution in [0.3, 0.4) is 0 Å². The highest BCUT2D eigenvalue weighted by atomic mass is 32.1. The largest absolute Gasteiger partial charge is 0.310 e. The monoisotopic (exact) mass is 760 g/mol. The zero-order chi connectivity index (χ0) is 38.8. The minimum Gasteiger partial charge on any atom is -0.310 e. The Morgan fingerprint density at radius 2 is 1.05 bits per heavy atom. The second-order valence-corrected chi connectivity index (χ2v) is 16.8. The number of anilines is 6. The Hall–Kier alpha value is -6.94. The lowest BCUT2D eigenvalue weighted by atomic mass is 9.72. The van der Waals surface area contributed by atoms with Crippen molar-refractivity contribution in [2.75, 3.05) is 9.80 Å². The predicted molar refractivity (Wildman–Crippen MR) is 249 cm³/mol. The van der Waals surface area contributed by atoms with E-state index in [2.05, 4.69) is 230 Å². The van der Waals surface area contributed by atoms with Gasteiger partial charge in [-0.2, -0.15) is 0 Å². The van der Waals surface area contributed by atoms with Gasteiger partial charge in [0, 0.05) is 59.2 Å². The van der Waals surface area contributed by atoms with Gasteiger partial charge in [0.2, 0.25) is 0 Å². The van der Waals surface area contributed by atoms with E-state index >= 15 is 0 Å². The maximum absolute atomic E-state index is 2.56. The quantitative estimate of drug-likeness (QED) is 0.167. The predicted octanol–water partition coefficient (Wildman–Crippen LogP) is 16.1. The van der Waals surface area contributed by atoms with Crippen LogP contribution >= 0.6 is 11.3 Å². The third-order valence-corrected chi connectivity index (χ3v) is 13.2. The van der Waals surface area contributed by atoms with Crippen LogP contribution in [0.25, 0.3) is 53.2 Å². The topological polar surface area (TPSA) is 6.48 Å². The van der Waals surface area contributed by atoms with Crippen molar-refractivity contribution in [1.29, 1.82) is 0 Å². The lowest BCUT2D eigenvalue weighted by Gasteiger charge is -2.43. The molecule has 3 heteroatoms. The summed E-state index contributed by atoms with van der Waals surface area (Å²) < 4.78 is 2.64. The van der Waals surface area contributed by atoms with Crippen LogP contribution in [-0.4, -0.2) is 0 Å². The number of nitrogens with zero attached hydrogens (tertiary/aromatic N) is 2. The molecule has 0 saturated carbocycles. The molecule has 0 N–H and O–H groups in total. The molecule has 0 atom stereocenters. The number of hydrogen-bond donors (Lipinski definition) is 0. The van der Waals surface area contributed by atoms with E-state index in [1.165, 1.54) is 81.4 Å². The maximum atomic E-state index is 2.56. The molecule has 0 saturated heterocycles. The van der Waals surface area contributed by atoms with Gasteiger partial charge in [0.1, 0.15) is 0 Å². The summed E-state index contributed by atoms with van der Waals surface area (Å²) in [5.41, 5.74) is 14.2. The average molecular weight is 761 g/mol. The first kappa shape index (κ1) is 34.3. The molecule has 2 nitrogen and oxygen atoms in total. The Morgan fingerprint density at radius 3 is 1.86 bits per heavy atom. The molecule has 58 heavy (non-hydrogen) atoms. The maximum Gasteiger partial charge on any atom is 0.0619 e. The van der Waals surface area contributed by atoms with E-state index in [4.69, 9.17) is 0 Å². The number of hydrogen-bond acceptors (Lipinski definition) is 3. The Labute approximate surface area is 343 Å². The Morgan fingerprint density at radius 1 is 0.431 bits per heavy atom. The van der Waals surface area contributed by atoms with Crippen molar-refractivity contribution in [3.8, 4) is 22.3 Å². The lowest BCUT2D eigenvalue weighted by Crippen LogP contribution is -2.31. The fraction of sp³-hybridized carbons (Fsp3) is 0.0545. The van der Waals surface area contributed by atoms with Crippen LogP contribution < -0.4 is 9.80 Å². The third-order valence-electron chi connectivity index (χ3n) is 12.0. The molecule has 276 valence electrons. The van der Waals surface area contributed by atoms with Crippen molar-refractivity contribution < 1.29 is 0 Å². The Balaban J connectivity index is 1.12. The summed E-state index contributed by atoms with van der Waals surface area (Å²) in [5.74, 6) is 0. The second-order valence-electron chi connectivity index (χ2n) is 15.7. The molecule has 0 aliphatic carbocycles. The van der Waals surface area contributed by atoms with Crippen molar-refractivity contribution >= 4 is 76.4 Å². The first-order chi connectivity index (χ1) is 28.5. The van der Waals surface area contributed by atoms with Gasteiger partial charge in [-0.15, -0.1) is 11.3 Å². The van der Waals surface area contributed by atoms with Gasteiger partial charge >= 0.3 is 0 Å². The van der Waals surface area contributed by atoms with Crippen molar-refractivity contribution in [3.05, 3.63) is 217 Å². The fourth-order valence-electron chi connectivity index (χ4n) is 9.22. The van der Waals surface area contributed by atoms with E-state index in [0.717, 1.165) is 17.1 Å². The van der Waals surface area contributed by atoms with Crippen molar-refractivity contribution in [2.45, 2.75) is 19.3 Å². The van der Waals surface area contributed by atoms with Crippen LogP contribution in [0.4, 0.5) is 34.1 Å². The molecule has 0 unspecified atom stereocenters. The normalized spacial score (nSPS) is 13.1. The summed E-state index contributed by atoms with van der Waals surface area (Å²) in [6.45, 7) is 4.77. The molecule has 0 radical (unpaired) electrons. The number of benzene rings is 9. The molecule has 0 amide bonds. The minimum atomic E-state index is -0.258. The zero-order valence-corrected chi connectivity index (χ0v) is 33.2. The first-order valence-electron chi connectivity index (χ1n) is 20.0. The van der Waals surface area contributed by atoms with Crippen molar-refractivity contribution in [3.63, 3.8) is 0 Å². The molecule has 11 rings (SSSR count). The third kappa shape index (κ3) is 5.46. The molecule has 2 heterocycles. The van der Waals surface area contributed by atoms with Gasteiger partial charge in [0.15, 0.2) is 0 Å². The van der Waals surface area contributed by atoms with Gasteiger partial charge in [-0.25, -0.2) is 0 Å². The summed E-state index contributed by atoms with van der Waals surface area (Å²) in [5, 5.41) is 5.08. The van der Waals surface area contributed by atoms with E-state index in [9.17, 15) is 0 Å². The molecular formula is C55H40N2S. The molecule has 1 aliphatic heterocycles. The second kappa shape index (κ2) is 13.6. The van der Waals surface area contributed by atoms with Gasteiger partial charge in [0.25, 0.3) is 0 Å². The van der Waals surface area contributed by atoms with Gasteiger partial charge in [-0.3, -0.25) is 0 Å². The highest BCUT2D eigenvalue weighted by Gasteiger charge is 2.38. The van der Waals surface area contributed by atoms with Crippen molar-refractivity contribution in [1.82, 2.24) is 0 Å². The molecule has 0 bridgehead atoms. The number of thiophene rings is 1. The summed E-state index contributed by atoms with van der Waals surface area (Å²) >= 11 is 1.89. The van der Waals surface area contributed by atoms with E-state index in [0.29, 0.717) is 0 Å². The number of fused-ring (bicyclic) bond motifs is 6. The van der Waals surface area contributed by atoms with Crippen LogP contribution in [0.5, 0.6) is 0 Å². The van der Waals surface area contributed by atoms with E-state index in [-0.39, 0.29) is 5.41 Å². The Kier molecular flexibility index (Phi) is 8.06. The van der Waals surface area contributed by atoms with Crippen LogP contribution in [0, 0.1) is 0 Å². The van der Waals surface area contributed by atoms with Gasteiger partial charge in [-0.05, 0) is 88.3 Å². The summed E-state index contributed by atoms with van der Waals surface area (Å²) in [7, 11) is 0. The average Bonchev–Trinajstić information content (AvgIpc) is 3.67. The number of para-hydroxylation sites is 3. The SMILES string of the molecule is CC1(C)c2ccccc2N(c2c(-c3cccc4c3sc3ccccc34)ccc3ccccc23)c2ccc(-c3cccc(N(c4ccccc4)c4ccccc4)c3)cc21. The van der Waals surface area contributed by atoms with Crippen LogP contribution in [0.15, 0.2) is 206 Å². The zero-order valence-electron chi connectivity index (χ0n) is 32.4. The Bertz CT molecular complexity index is 3120. The molecule has 0 spiro atoms. The minimum absolute atomic E-state index is 0.258. The first-order valence-corrected chi connectivity index (χ1v) is 20.8. The molecular weight excluding hydrogens is 721 g/mol. The highest BCUT2D eigenvalue weighted by Crippen LogP contribution is 2.56.